The minimum Gasteiger partial charge on any atom is -0.480 e. The van der Waals surface area contributed by atoms with Crippen LogP contribution in [0, 0.1) is 5.82 Å². The third kappa shape index (κ3) is 4.96. The van der Waals surface area contributed by atoms with Crippen LogP contribution in [0.1, 0.15) is 18.4 Å². The highest BCUT2D eigenvalue weighted by molar-refractivity contribution is 5.93. The Kier molecular flexibility index (Phi) is 5.66. The number of carbonyl (C=O) groups excluding carboxylic acids is 1. The molecule has 22 heavy (non-hydrogen) atoms. The molecule has 0 bridgehead atoms. The van der Waals surface area contributed by atoms with Crippen molar-refractivity contribution in [1.29, 1.82) is 0 Å². The Morgan fingerprint density at radius 3 is 2.68 bits per heavy atom. The zero-order valence-corrected chi connectivity index (χ0v) is 12.1. The van der Waals surface area contributed by atoms with Crippen LogP contribution in [-0.4, -0.2) is 47.7 Å². The number of carboxylic acid groups (broad SMARTS) is 1. The number of hydrogen-bond acceptors (Lipinski definition) is 3. The maximum absolute atomic E-state index is 12.8. The normalized spacial score (nSPS) is 17.8. The molecule has 1 saturated heterocycles. The lowest BCUT2D eigenvalue weighted by atomic mass is 10.2. The Morgan fingerprint density at radius 2 is 2.09 bits per heavy atom. The fraction of sp³-hybridized carbons (Fsp3) is 0.375. The van der Waals surface area contributed by atoms with E-state index in [0.29, 0.717) is 12.2 Å². The molecule has 1 fully saturated rings. The van der Waals surface area contributed by atoms with Crippen molar-refractivity contribution in [3.05, 3.63) is 41.7 Å². The lowest BCUT2D eigenvalue weighted by Crippen LogP contribution is -2.39. The molecule has 6 heteroatoms. The molecule has 0 aliphatic carbocycles. The lowest BCUT2D eigenvalue weighted by molar-refractivity contribution is -0.143. The third-order valence-corrected chi connectivity index (χ3v) is 3.37. The maximum Gasteiger partial charge on any atom is 0.323 e. The summed E-state index contributed by atoms with van der Waals surface area (Å²) in [5, 5.41) is 8.92. The molecule has 5 nitrogen and oxygen atoms in total. The standard InChI is InChI=1S/C16H18FNO4/c17-13-6-3-12(4-7-13)5-8-15(19)18(11-16(20)21)10-14-2-1-9-22-14/h3-8,14H,1-2,9-11H2,(H,20,21). The van der Waals surface area contributed by atoms with E-state index in [-0.39, 0.29) is 25.0 Å². The number of rotatable bonds is 6. The summed E-state index contributed by atoms with van der Waals surface area (Å²) in [4.78, 5) is 24.3. The number of carbonyl (C=O) groups is 2. The van der Waals surface area contributed by atoms with Crippen LogP contribution in [0.2, 0.25) is 0 Å². The first-order valence-corrected chi connectivity index (χ1v) is 7.10. The van der Waals surface area contributed by atoms with Crippen molar-refractivity contribution in [2.24, 2.45) is 0 Å². The van der Waals surface area contributed by atoms with Gasteiger partial charge in [0, 0.05) is 19.2 Å². The monoisotopic (exact) mass is 307 g/mol. The predicted molar refractivity (Wildman–Crippen MR) is 78.6 cm³/mol. The van der Waals surface area contributed by atoms with Gasteiger partial charge >= 0.3 is 5.97 Å². The van der Waals surface area contributed by atoms with E-state index in [9.17, 15) is 14.0 Å². The SMILES string of the molecule is O=C(O)CN(CC1CCCO1)C(=O)C=Cc1ccc(F)cc1. The Labute approximate surface area is 128 Å². The third-order valence-electron chi connectivity index (χ3n) is 3.37. The van der Waals surface area contributed by atoms with Gasteiger partial charge in [0.1, 0.15) is 12.4 Å². The number of ether oxygens (including phenoxy) is 1. The first-order chi connectivity index (χ1) is 10.5. The molecule has 1 aliphatic rings. The van der Waals surface area contributed by atoms with Crippen LogP contribution in [0.15, 0.2) is 30.3 Å². The molecule has 0 aromatic heterocycles. The average Bonchev–Trinajstić information content (AvgIpc) is 2.98. The fourth-order valence-corrected chi connectivity index (χ4v) is 2.28. The second kappa shape index (κ2) is 7.70. The van der Waals surface area contributed by atoms with E-state index in [1.165, 1.54) is 29.2 Å². The summed E-state index contributed by atoms with van der Waals surface area (Å²) in [5.74, 6) is -1.82. The van der Waals surface area contributed by atoms with Crippen LogP contribution in [-0.2, 0) is 14.3 Å². The largest absolute Gasteiger partial charge is 0.480 e. The number of amides is 1. The number of hydrogen-bond donors (Lipinski definition) is 1. The summed E-state index contributed by atoms with van der Waals surface area (Å²) in [5.41, 5.74) is 0.669. The molecule has 0 spiro atoms. The summed E-state index contributed by atoms with van der Waals surface area (Å²) in [7, 11) is 0. The lowest BCUT2D eigenvalue weighted by Gasteiger charge is -2.22. The van der Waals surface area contributed by atoms with Gasteiger partial charge in [-0.25, -0.2) is 4.39 Å². The van der Waals surface area contributed by atoms with Crippen LogP contribution in [0.25, 0.3) is 6.08 Å². The average molecular weight is 307 g/mol. The van der Waals surface area contributed by atoms with Crippen LogP contribution < -0.4 is 0 Å². The van der Waals surface area contributed by atoms with Crippen LogP contribution in [0.3, 0.4) is 0 Å². The van der Waals surface area contributed by atoms with Gasteiger partial charge in [0.25, 0.3) is 0 Å². The molecule has 0 saturated carbocycles. The predicted octanol–water partition coefficient (Wildman–Crippen LogP) is 1.93. The summed E-state index contributed by atoms with van der Waals surface area (Å²) >= 11 is 0. The minimum atomic E-state index is -1.07. The first kappa shape index (κ1) is 16.2. The topological polar surface area (TPSA) is 66.8 Å². The molecule has 0 radical (unpaired) electrons. The Bertz CT molecular complexity index is 550. The fourth-order valence-electron chi connectivity index (χ4n) is 2.28. The molecule has 1 N–H and O–H groups in total. The molecule has 1 amide bonds. The second-order valence-electron chi connectivity index (χ2n) is 5.13. The van der Waals surface area contributed by atoms with E-state index < -0.39 is 11.9 Å². The van der Waals surface area contributed by atoms with Crippen molar-refractivity contribution in [3.8, 4) is 0 Å². The van der Waals surface area contributed by atoms with Crippen molar-refractivity contribution < 1.29 is 23.8 Å². The van der Waals surface area contributed by atoms with E-state index in [2.05, 4.69) is 0 Å². The van der Waals surface area contributed by atoms with Gasteiger partial charge in [-0.2, -0.15) is 0 Å². The van der Waals surface area contributed by atoms with Gasteiger partial charge < -0.3 is 14.7 Å². The Balaban J connectivity index is 2.00. The highest BCUT2D eigenvalue weighted by atomic mass is 19.1. The van der Waals surface area contributed by atoms with E-state index in [4.69, 9.17) is 9.84 Å². The van der Waals surface area contributed by atoms with Crippen molar-refractivity contribution >= 4 is 18.0 Å². The number of carboxylic acids is 1. The van der Waals surface area contributed by atoms with Gasteiger partial charge in [-0.1, -0.05) is 12.1 Å². The van der Waals surface area contributed by atoms with Crippen LogP contribution in [0.4, 0.5) is 4.39 Å². The molecule has 1 heterocycles. The molecule has 1 aromatic carbocycles. The van der Waals surface area contributed by atoms with Gasteiger partial charge in [-0.3, -0.25) is 9.59 Å². The summed E-state index contributed by atoms with van der Waals surface area (Å²) in [6.45, 7) is 0.538. The molecule has 1 aromatic rings. The van der Waals surface area contributed by atoms with E-state index in [1.807, 2.05) is 0 Å². The Hall–Kier alpha value is -2.21. The number of benzene rings is 1. The van der Waals surface area contributed by atoms with Crippen LogP contribution >= 0.6 is 0 Å². The first-order valence-electron chi connectivity index (χ1n) is 7.10. The van der Waals surface area contributed by atoms with Crippen molar-refractivity contribution in [2.45, 2.75) is 18.9 Å². The van der Waals surface area contributed by atoms with E-state index in [1.54, 1.807) is 12.1 Å². The molecule has 2 rings (SSSR count). The summed E-state index contributed by atoms with van der Waals surface area (Å²) < 4.78 is 18.2. The minimum absolute atomic E-state index is 0.109. The smallest absolute Gasteiger partial charge is 0.323 e. The van der Waals surface area contributed by atoms with E-state index in [0.717, 1.165) is 12.8 Å². The van der Waals surface area contributed by atoms with Crippen molar-refractivity contribution in [2.75, 3.05) is 19.7 Å². The van der Waals surface area contributed by atoms with Crippen LogP contribution in [0.5, 0.6) is 0 Å². The zero-order valence-electron chi connectivity index (χ0n) is 12.1. The molecular weight excluding hydrogens is 289 g/mol. The van der Waals surface area contributed by atoms with Gasteiger partial charge in [-0.05, 0) is 36.6 Å². The van der Waals surface area contributed by atoms with Gasteiger partial charge in [0.2, 0.25) is 5.91 Å². The van der Waals surface area contributed by atoms with Crippen molar-refractivity contribution in [3.63, 3.8) is 0 Å². The molecule has 1 unspecified atom stereocenters. The second-order valence-corrected chi connectivity index (χ2v) is 5.13. The number of nitrogens with zero attached hydrogens (tertiary/aromatic N) is 1. The zero-order chi connectivity index (χ0) is 15.9. The number of aliphatic carboxylic acids is 1. The quantitative estimate of drug-likeness (QED) is 0.816. The van der Waals surface area contributed by atoms with Gasteiger partial charge in [0.05, 0.1) is 6.10 Å². The highest BCUT2D eigenvalue weighted by Gasteiger charge is 2.22. The van der Waals surface area contributed by atoms with Crippen molar-refractivity contribution in [1.82, 2.24) is 4.90 Å². The Morgan fingerprint density at radius 1 is 1.36 bits per heavy atom. The molecule has 118 valence electrons. The molecule has 1 aliphatic heterocycles. The van der Waals surface area contributed by atoms with E-state index >= 15 is 0 Å². The van der Waals surface area contributed by atoms with Gasteiger partial charge in [0.15, 0.2) is 0 Å². The molecular formula is C16H18FNO4. The maximum atomic E-state index is 12.8. The number of halogens is 1. The van der Waals surface area contributed by atoms with Gasteiger partial charge in [-0.15, -0.1) is 0 Å². The summed E-state index contributed by atoms with van der Waals surface area (Å²) in [6.07, 6.45) is 4.47. The summed E-state index contributed by atoms with van der Waals surface area (Å²) in [6, 6.07) is 5.68. The highest BCUT2D eigenvalue weighted by Crippen LogP contribution is 2.14. The molecule has 1 atom stereocenters.